The van der Waals surface area contributed by atoms with Gasteiger partial charge in [-0.25, -0.2) is 8.78 Å². The Labute approximate surface area is 250 Å². The van der Waals surface area contributed by atoms with Crippen molar-refractivity contribution < 1.29 is 27.2 Å². The van der Waals surface area contributed by atoms with Crippen LogP contribution in [0.3, 0.4) is 0 Å². The van der Waals surface area contributed by atoms with E-state index in [0.29, 0.717) is 41.6 Å². The lowest BCUT2D eigenvalue weighted by Gasteiger charge is -2.37. The molecule has 10 heteroatoms. The normalized spacial score (nSPS) is 17.4. The van der Waals surface area contributed by atoms with Gasteiger partial charge in [-0.1, -0.05) is 48.0 Å². The molecular weight excluding hydrogens is 588 g/mol. The van der Waals surface area contributed by atoms with Gasteiger partial charge >= 0.3 is 5.92 Å². The Morgan fingerprint density at radius 2 is 1.64 bits per heavy atom. The second kappa shape index (κ2) is 12.1. The average Bonchev–Trinajstić information content (AvgIpc) is 3.33. The molecule has 4 nitrogen and oxygen atoms in total. The van der Waals surface area contributed by atoms with Gasteiger partial charge < -0.3 is 10.2 Å². The number of carbonyl (C=O) groups excluding carboxylic acids is 2. The van der Waals surface area contributed by atoms with Gasteiger partial charge in [-0.05, 0) is 68.1 Å². The molecule has 1 saturated carbocycles. The van der Waals surface area contributed by atoms with Crippen molar-refractivity contribution in [2.24, 2.45) is 0 Å². The molecule has 0 atom stereocenters. The molecular formula is C32H29ClF4N2O2S. The van der Waals surface area contributed by atoms with Crippen LogP contribution in [0.25, 0.3) is 21.2 Å². The number of alkyl halides is 2. The van der Waals surface area contributed by atoms with E-state index >= 15 is 4.39 Å². The van der Waals surface area contributed by atoms with Crippen LogP contribution >= 0.6 is 22.9 Å². The first-order valence-electron chi connectivity index (χ1n) is 13.6. The van der Waals surface area contributed by atoms with Crippen LogP contribution in [0.2, 0.25) is 5.02 Å². The van der Waals surface area contributed by atoms with Gasteiger partial charge in [0.25, 0.3) is 5.91 Å². The number of hydrogen-bond acceptors (Lipinski definition) is 4. The Morgan fingerprint density at radius 3 is 2.26 bits per heavy atom. The number of thiophene rings is 1. The van der Waals surface area contributed by atoms with Gasteiger partial charge in [0.15, 0.2) is 0 Å². The number of rotatable bonds is 8. The number of Topliss-reactive ketones (excluding diaryl/α,β-unsaturated/α-hetero) is 1. The Kier molecular flexibility index (Phi) is 8.73. The molecule has 0 radical (unpaired) electrons. The maximum absolute atomic E-state index is 15.2. The first kappa shape index (κ1) is 30.2. The summed E-state index contributed by atoms with van der Waals surface area (Å²) in [5, 5.41) is 3.52. The van der Waals surface area contributed by atoms with Crippen molar-refractivity contribution in [2.45, 2.75) is 57.2 Å². The number of fused-ring (bicyclic) bond motifs is 1. The van der Waals surface area contributed by atoms with E-state index in [1.54, 1.807) is 29.2 Å². The van der Waals surface area contributed by atoms with Gasteiger partial charge in [-0.2, -0.15) is 8.78 Å². The van der Waals surface area contributed by atoms with Gasteiger partial charge in [0.1, 0.15) is 16.5 Å². The Hall–Kier alpha value is -3.27. The minimum atomic E-state index is -3.49. The zero-order valence-electron chi connectivity index (χ0n) is 23.0. The monoisotopic (exact) mass is 616 g/mol. The van der Waals surface area contributed by atoms with Crippen LogP contribution in [0.4, 0.5) is 17.6 Å². The number of carbonyl (C=O) groups is 2. The van der Waals surface area contributed by atoms with E-state index in [2.05, 4.69) is 5.32 Å². The highest BCUT2D eigenvalue weighted by Crippen LogP contribution is 2.39. The number of nitrogens with one attached hydrogen (secondary N) is 1. The van der Waals surface area contributed by atoms with Crippen molar-refractivity contribution in [1.29, 1.82) is 0 Å². The maximum atomic E-state index is 15.2. The summed E-state index contributed by atoms with van der Waals surface area (Å²) in [5.41, 5.74) is 1.34. The fourth-order valence-electron chi connectivity index (χ4n) is 5.51. The van der Waals surface area contributed by atoms with E-state index in [1.807, 2.05) is 7.05 Å². The molecule has 1 amide bonds. The highest BCUT2D eigenvalue weighted by molar-refractivity contribution is 7.21. The first-order valence-corrected chi connectivity index (χ1v) is 14.8. The van der Waals surface area contributed by atoms with Crippen LogP contribution in [0, 0.1) is 11.6 Å². The van der Waals surface area contributed by atoms with Crippen LogP contribution in [0.1, 0.15) is 58.2 Å². The van der Waals surface area contributed by atoms with Gasteiger partial charge in [-0.15, -0.1) is 11.3 Å². The molecule has 0 saturated heterocycles. The summed E-state index contributed by atoms with van der Waals surface area (Å²) in [4.78, 5) is 27.8. The summed E-state index contributed by atoms with van der Waals surface area (Å²) in [7, 11) is 1.90. The number of nitrogens with zero attached hydrogens (tertiary/aromatic N) is 1. The Balaban J connectivity index is 1.48. The number of benzene rings is 3. The summed E-state index contributed by atoms with van der Waals surface area (Å²) in [5.74, 6) is -6.18. The van der Waals surface area contributed by atoms with Crippen molar-refractivity contribution in [3.05, 3.63) is 93.3 Å². The van der Waals surface area contributed by atoms with Crippen LogP contribution in [-0.4, -0.2) is 41.6 Å². The summed E-state index contributed by atoms with van der Waals surface area (Å²) in [6.07, 6.45) is 3.08. The third-order valence-electron chi connectivity index (χ3n) is 7.87. The predicted octanol–water partition coefficient (Wildman–Crippen LogP) is 8.51. The van der Waals surface area contributed by atoms with Gasteiger partial charge in [-0.3, -0.25) is 9.59 Å². The summed E-state index contributed by atoms with van der Waals surface area (Å²) in [6, 6.07) is 14.9. The number of hydrogen-bond donors (Lipinski definition) is 1. The molecule has 42 heavy (non-hydrogen) atoms. The van der Waals surface area contributed by atoms with Crippen molar-refractivity contribution in [3.63, 3.8) is 0 Å². The van der Waals surface area contributed by atoms with E-state index in [0.717, 1.165) is 24.2 Å². The van der Waals surface area contributed by atoms with Gasteiger partial charge in [0.2, 0.25) is 5.78 Å². The Bertz CT molecular complexity index is 1630. The molecule has 1 aromatic heterocycles. The van der Waals surface area contributed by atoms with E-state index < -0.39 is 23.3 Å². The molecule has 4 aromatic rings. The third-order valence-corrected chi connectivity index (χ3v) is 9.51. The fraction of sp³-hybridized carbons (Fsp3) is 0.312. The molecule has 0 aliphatic heterocycles. The van der Waals surface area contributed by atoms with Crippen molar-refractivity contribution in [2.75, 3.05) is 7.05 Å². The number of halogens is 5. The summed E-state index contributed by atoms with van der Waals surface area (Å²) >= 11 is 7.67. The molecule has 1 fully saturated rings. The van der Waals surface area contributed by atoms with Crippen molar-refractivity contribution in [1.82, 2.24) is 10.2 Å². The van der Waals surface area contributed by atoms with E-state index in [1.165, 1.54) is 36.4 Å². The van der Waals surface area contributed by atoms with E-state index in [4.69, 9.17) is 11.6 Å². The second-order valence-corrected chi connectivity index (χ2v) is 12.1. The fourth-order valence-corrected chi connectivity index (χ4v) is 7.02. The highest BCUT2D eigenvalue weighted by Gasteiger charge is 2.34. The van der Waals surface area contributed by atoms with E-state index in [-0.39, 0.29) is 44.9 Å². The molecule has 1 aliphatic carbocycles. The molecule has 0 unspecified atom stereocenters. The molecule has 1 aliphatic rings. The second-order valence-electron chi connectivity index (χ2n) is 10.7. The molecule has 1 heterocycles. The lowest BCUT2D eigenvalue weighted by molar-refractivity contribution is 0.0221. The van der Waals surface area contributed by atoms with E-state index in [9.17, 15) is 22.8 Å². The topological polar surface area (TPSA) is 49.4 Å². The molecule has 0 spiro atoms. The first-order chi connectivity index (χ1) is 20.0. The molecule has 5 rings (SSSR count). The number of amides is 1. The molecule has 0 bridgehead atoms. The van der Waals surface area contributed by atoms with Gasteiger partial charge in [0, 0.05) is 46.8 Å². The van der Waals surface area contributed by atoms with Crippen LogP contribution in [0.5, 0.6) is 0 Å². The predicted molar refractivity (Wildman–Crippen MR) is 159 cm³/mol. The summed E-state index contributed by atoms with van der Waals surface area (Å²) < 4.78 is 57.3. The Morgan fingerprint density at radius 1 is 0.976 bits per heavy atom. The lowest BCUT2D eigenvalue weighted by atomic mass is 9.89. The minimum absolute atomic E-state index is 0.0426. The summed E-state index contributed by atoms with van der Waals surface area (Å²) in [6.45, 7) is 0.509. The van der Waals surface area contributed by atoms with Crippen molar-refractivity contribution >= 4 is 44.7 Å². The highest BCUT2D eigenvalue weighted by atomic mass is 35.5. The van der Waals surface area contributed by atoms with Gasteiger partial charge in [0.05, 0.1) is 5.02 Å². The van der Waals surface area contributed by atoms with Crippen LogP contribution in [-0.2, 0) is 6.54 Å². The molecule has 220 valence electrons. The van der Waals surface area contributed by atoms with Crippen molar-refractivity contribution in [3.8, 4) is 11.1 Å². The lowest BCUT2D eigenvalue weighted by Crippen LogP contribution is -2.44. The standard InChI is InChI=1S/C32H29ClF4N2O2S/c1-32(36,37)30(40)19-8-6-18(7-9-19)20-10-15-24(34)21(16-20)17-39(23-13-11-22(38-2)12-14-23)31(41)29-28(33)27-25(35)4-3-5-26(27)42-29/h3-10,15-16,22-23,38H,11-14,17H2,1-2H3/t22-,23-. The number of ketones is 1. The smallest absolute Gasteiger partial charge is 0.307 e. The third kappa shape index (κ3) is 6.09. The SMILES string of the molecule is CN[C@H]1CC[C@H](N(Cc2cc(-c3ccc(C(=O)C(C)(F)F)cc3)ccc2F)C(=O)c2sc3cccc(F)c3c2Cl)CC1. The zero-order chi connectivity index (χ0) is 30.2. The zero-order valence-corrected chi connectivity index (χ0v) is 24.6. The molecule has 1 N–H and O–H groups in total. The maximum Gasteiger partial charge on any atom is 0.307 e. The minimum Gasteiger partial charge on any atom is -0.330 e. The molecule has 3 aromatic carbocycles. The van der Waals surface area contributed by atoms with Crippen LogP contribution in [0.15, 0.2) is 60.7 Å². The average molecular weight is 617 g/mol. The largest absolute Gasteiger partial charge is 0.330 e. The quantitative estimate of drug-likeness (QED) is 0.159. The van der Waals surface area contributed by atoms with Crippen LogP contribution < -0.4 is 5.32 Å².